The number of halogens is 3. The van der Waals surface area contributed by atoms with E-state index < -0.39 is 49.1 Å². The molecule has 2 aliphatic rings. The molecule has 0 aromatic heterocycles. The van der Waals surface area contributed by atoms with Crippen LogP contribution in [-0.4, -0.2) is 59.4 Å². The minimum atomic E-state index is -4.61. The average molecular weight is 255 g/mol. The quantitative estimate of drug-likeness (QED) is 0.448. The first kappa shape index (κ1) is 12.6. The molecule has 2 rings (SSSR count). The van der Waals surface area contributed by atoms with E-state index in [1.54, 1.807) is 0 Å². The lowest BCUT2D eigenvalue weighted by Crippen LogP contribution is -2.64. The lowest BCUT2D eigenvalue weighted by Gasteiger charge is -2.38. The highest BCUT2D eigenvalue weighted by molar-refractivity contribution is 5.89. The molecular weight excluding hydrogens is 243 g/mol. The van der Waals surface area contributed by atoms with Gasteiger partial charge in [0.15, 0.2) is 6.23 Å². The fourth-order valence-corrected chi connectivity index (χ4v) is 1.90. The van der Waals surface area contributed by atoms with Crippen molar-refractivity contribution in [1.29, 1.82) is 0 Å². The van der Waals surface area contributed by atoms with Gasteiger partial charge >= 0.3 is 6.18 Å². The van der Waals surface area contributed by atoms with Gasteiger partial charge in [0.2, 0.25) is 5.84 Å². The van der Waals surface area contributed by atoms with Crippen LogP contribution < -0.4 is 11.1 Å². The summed E-state index contributed by atoms with van der Waals surface area (Å²) in [5.74, 6) is -1.17. The Hall–Kier alpha value is -0.900. The maximum Gasteiger partial charge on any atom is 0.448 e. The van der Waals surface area contributed by atoms with E-state index >= 15 is 0 Å². The van der Waals surface area contributed by atoms with Crippen LogP contribution in [0.25, 0.3) is 0 Å². The summed E-state index contributed by atoms with van der Waals surface area (Å²) in [5.41, 5.74) is 5.59. The van der Waals surface area contributed by atoms with Crippen LogP contribution in [0, 0.1) is 0 Å². The van der Waals surface area contributed by atoms with Gasteiger partial charge < -0.3 is 26.0 Å². The number of nitrogens with zero attached hydrogens (tertiary/aromatic N) is 1. The zero-order valence-corrected chi connectivity index (χ0v) is 8.55. The molecule has 0 aromatic carbocycles. The molecule has 5 atom stereocenters. The van der Waals surface area contributed by atoms with Crippen LogP contribution in [0.15, 0.2) is 4.99 Å². The molecule has 0 spiro atoms. The Morgan fingerprint density at radius 2 is 2.12 bits per heavy atom. The van der Waals surface area contributed by atoms with Gasteiger partial charge in [-0.1, -0.05) is 0 Å². The summed E-state index contributed by atoms with van der Waals surface area (Å²) in [5, 5.41) is 20.6. The minimum absolute atomic E-state index is 0.533. The fraction of sp³-hybridized carbons (Fsp3) is 0.875. The summed E-state index contributed by atoms with van der Waals surface area (Å²) in [6.45, 7) is -0.533. The maximum atomic E-state index is 12.4. The molecule has 6 nitrogen and oxygen atoms in total. The highest BCUT2D eigenvalue weighted by atomic mass is 19.4. The fourth-order valence-electron chi connectivity index (χ4n) is 1.90. The summed E-state index contributed by atoms with van der Waals surface area (Å²) in [7, 11) is 0. The monoisotopic (exact) mass is 255 g/mol. The van der Waals surface area contributed by atoms with Crippen molar-refractivity contribution in [3.05, 3.63) is 0 Å². The minimum Gasteiger partial charge on any atom is -0.394 e. The molecule has 0 bridgehead atoms. The number of aliphatic hydroxyl groups is 2. The predicted octanol–water partition coefficient (Wildman–Crippen LogP) is -1.68. The van der Waals surface area contributed by atoms with E-state index in [0.717, 1.165) is 0 Å². The normalized spacial score (nSPS) is 41.8. The lowest BCUT2D eigenvalue weighted by molar-refractivity contribution is -0.145. The first-order chi connectivity index (χ1) is 7.84. The van der Waals surface area contributed by atoms with Crippen molar-refractivity contribution in [1.82, 2.24) is 5.32 Å². The molecule has 0 unspecified atom stereocenters. The third-order valence-corrected chi connectivity index (χ3v) is 2.82. The van der Waals surface area contributed by atoms with E-state index in [1.165, 1.54) is 0 Å². The second-order valence-electron chi connectivity index (χ2n) is 3.96. The van der Waals surface area contributed by atoms with Crippen molar-refractivity contribution < 1.29 is 28.1 Å². The largest absolute Gasteiger partial charge is 0.448 e. The van der Waals surface area contributed by atoms with E-state index in [9.17, 15) is 18.3 Å². The van der Waals surface area contributed by atoms with Crippen molar-refractivity contribution in [3.8, 4) is 0 Å². The van der Waals surface area contributed by atoms with Gasteiger partial charge in [0.1, 0.15) is 6.10 Å². The van der Waals surface area contributed by atoms with Crippen LogP contribution in [0.1, 0.15) is 0 Å². The molecule has 2 heterocycles. The van der Waals surface area contributed by atoms with Gasteiger partial charge in [-0.3, -0.25) is 0 Å². The van der Waals surface area contributed by atoms with Crippen LogP contribution in [0.4, 0.5) is 13.2 Å². The van der Waals surface area contributed by atoms with Crippen LogP contribution in [0.5, 0.6) is 0 Å². The summed E-state index contributed by atoms with van der Waals surface area (Å²) < 4.78 is 42.2. The Labute approximate surface area is 94.3 Å². The first-order valence-corrected chi connectivity index (χ1v) is 4.96. The smallest absolute Gasteiger partial charge is 0.394 e. The Morgan fingerprint density at radius 1 is 1.47 bits per heavy atom. The van der Waals surface area contributed by atoms with E-state index in [2.05, 4.69) is 10.3 Å². The molecule has 0 aliphatic carbocycles. The molecule has 17 heavy (non-hydrogen) atoms. The standard InChI is InChI=1S/C8H12F3N3O3/c9-8(10,11)7-13-4-3(12)5(16)2(1-15)17-6(4)14-7/h2-6,15-16H,1,12H2,(H,13,14)/t2-,3-,4-,5+,6+/m1/s1. The number of ether oxygens (including phenoxy) is 1. The van der Waals surface area contributed by atoms with Gasteiger partial charge in [-0.05, 0) is 0 Å². The van der Waals surface area contributed by atoms with Gasteiger partial charge in [-0.2, -0.15) is 13.2 Å². The Morgan fingerprint density at radius 3 is 2.65 bits per heavy atom. The molecule has 0 saturated carbocycles. The number of hydrogen-bond donors (Lipinski definition) is 4. The first-order valence-electron chi connectivity index (χ1n) is 4.96. The summed E-state index contributed by atoms with van der Waals surface area (Å²) in [6.07, 6.45) is -8.01. The summed E-state index contributed by atoms with van der Waals surface area (Å²) in [4.78, 5) is 3.32. The second-order valence-corrected chi connectivity index (χ2v) is 3.96. The molecular formula is C8H12F3N3O3. The number of nitrogens with one attached hydrogen (secondary N) is 1. The maximum absolute atomic E-state index is 12.4. The van der Waals surface area contributed by atoms with E-state index in [0.29, 0.717) is 0 Å². The highest BCUT2D eigenvalue weighted by Gasteiger charge is 2.51. The number of nitrogens with two attached hydrogens (primary N) is 1. The molecule has 98 valence electrons. The van der Waals surface area contributed by atoms with Crippen molar-refractivity contribution in [3.63, 3.8) is 0 Å². The molecule has 1 saturated heterocycles. The highest BCUT2D eigenvalue weighted by Crippen LogP contribution is 2.28. The van der Waals surface area contributed by atoms with Crippen molar-refractivity contribution >= 4 is 5.84 Å². The van der Waals surface area contributed by atoms with Gasteiger partial charge in [-0.15, -0.1) is 0 Å². The molecule has 5 N–H and O–H groups in total. The van der Waals surface area contributed by atoms with Gasteiger partial charge in [0.05, 0.1) is 24.8 Å². The van der Waals surface area contributed by atoms with Crippen molar-refractivity contribution in [2.24, 2.45) is 10.7 Å². The van der Waals surface area contributed by atoms with Crippen LogP contribution >= 0.6 is 0 Å². The third kappa shape index (κ3) is 2.10. The third-order valence-electron chi connectivity index (χ3n) is 2.82. The van der Waals surface area contributed by atoms with Crippen molar-refractivity contribution in [2.75, 3.05) is 6.61 Å². The van der Waals surface area contributed by atoms with E-state index in [4.69, 9.17) is 15.6 Å². The number of aliphatic imine (C=N–C) groups is 1. The lowest BCUT2D eigenvalue weighted by atomic mass is 9.95. The average Bonchev–Trinajstić information content (AvgIpc) is 2.67. The molecule has 0 aromatic rings. The van der Waals surface area contributed by atoms with Crippen LogP contribution in [0.3, 0.4) is 0 Å². The Bertz CT molecular complexity index is 336. The second kappa shape index (κ2) is 4.09. The molecule has 0 amide bonds. The number of fused-ring (bicyclic) bond motifs is 1. The number of alkyl halides is 3. The number of aliphatic hydroxyl groups excluding tert-OH is 2. The predicted molar refractivity (Wildman–Crippen MR) is 50.1 cm³/mol. The van der Waals surface area contributed by atoms with Crippen LogP contribution in [-0.2, 0) is 4.74 Å². The summed E-state index contributed by atoms with van der Waals surface area (Å²) >= 11 is 0. The number of hydrogen-bond acceptors (Lipinski definition) is 6. The topological polar surface area (TPSA) is 100 Å². The zero-order chi connectivity index (χ0) is 12.8. The molecule has 1 fully saturated rings. The number of rotatable bonds is 1. The number of amidine groups is 1. The van der Waals surface area contributed by atoms with E-state index in [1.807, 2.05) is 0 Å². The molecule has 2 aliphatic heterocycles. The van der Waals surface area contributed by atoms with E-state index in [-0.39, 0.29) is 0 Å². The van der Waals surface area contributed by atoms with Gasteiger partial charge in [0.25, 0.3) is 0 Å². The Kier molecular flexibility index (Phi) is 3.02. The van der Waals surface area contributed by atoms with Crippen molar-refractivity contribution in [2.45, 2.75) is 36.7 Å². The molecule has 9 heteroatoms. The van der Waals surface area contributed by atoms with Crippen LogP contribution in [0.2, 0.25) is 0 Å². The molecule has 0 radical (unpaired) electrons. The SMILES string of the molecule is N[C@H]1[C@@H](O)[C@@H](CO)O[C@@H]2N=C(C(F)(F)F)N[C@H]12. The van der Waals surface area contributed by atoms with Gasteiger partial charge in [-0.25, -0.2) is 4.99 Å². The Balaban J connectivity index is 2.17. The zero-order valence-electron chi connectivity index (χ0n) is 8.55. The summed E-state index contributed by atoms with van der Waals surface area (Å²) in [6, 6.07) is -1.93. The van der Waals surface area contributed by atoms with Gasteiger partial charge in [0, 0.05) is 0 Å².